The highest BCUT2D eigenvalue weighted by Gasteiger charge is 2.17. The van der Waals surface area contributed by atoms with Crippen molar-refractivity contribution in [2.75, 3.05) is 11.1 Å². The number of carbonyl (C=O) groups excluding carboxylic acids is 1. The molecule has 2 heterocycles. The Morgan fingerprint density at radius 2 is 2.23 bits per heavy atom. The number of benzene rings is 1. The van der Waals surface area contributed by atoms with Crippen LogP contribution < -0.4 is 10.00 Å². The molecular formula is C14H15N4O3S+. The van der Waals surface area contributed by atoms with E-state index in [0.29, 0.717) is 16.7 Å². The maximum absolute atomic E-state index is 11.9. The Kier molecular flexibility index (Phi) is 4.10. The number of carbonyl (C=O) groups is 1. The quantitative estimate of drug-likeness (QED) is 0.574. The van der Waals surface area contributed by atoms with Crippen LogP contribution in [0.15, 0.2) is 44.6 Å². The van der Waals surface area contributed by atoms with Gasteiger partial charge < -0.3 is 4.42 Å². The summed E-state index contributed by atoms with van der Waals surface area (Å²) in [4.78, 5) is 16.2. The fourth-order valence-electron chi connectivity index (χ4n) is 1.77. The molecule has 0 aliphatic rings. The Morgan fingerprint density at radius 1 is 1.41 bits per heavy atom. The lowest BCUT2D eigenvalue weighted by Crippen LogP contribution is -2.36. The number of fused-ring (bicyclic) bond motifs is 1. The molecule has 0 saturated heterocycles. The van der Waals surface area contributed by atoms with Crippen molar-refractivity contribution in [1.82, 2.24) is 10.3 Å². The molecule has 0 spiro atoms. The van der Waals surface area contributed by atoms with Gasteiger partial charge in [-0.25, -0.2) is 4.98 Å². The van der Waals surface area contributed by atoms with Crippen molar-refractivity contribution in [2.45, 2.75) is 25.1 Å². The molecule has 8 heteroatoms. The fourth-order valence-corrected chi connectivity index (χ4v) is 2.41. The lowest BCUT2D eigenvalue weighted by molar-refractivity contribution is -0.779. The topological polar surface area (TPSA) is 85.0 Å². The van der Waals surface area contributed by atoms with Crippen LogP contribution >= 0.6 is 11.8 Å². The first-order valence-corrected chi connectivity index (χ1v) is 7.77. The van der Waals surface area contributed by atoms with Crippen LogP contribution in [0.4, 0.5) is 5.88 Å². The van der Waals surface area contributed by atoms with Gasteiger partial charge in [0.05, 0.1) is 5.75 Å². The summed E-state index contributed by atoms with van der Waals surface area (Å²) in [5, 5.41) is 6.91. The molecule has 0 aliphatic carbocycles. The molecule has 0 atom stereocenters. The summed E-state index contributed by atoms with van der Waals surface area (Å²) in [6, 6.07) is 7.64. The largest absolute Gasteiger partial charge is 0.431 e. The van der Waals surface area contributed by atoms with Gasteiger partial charge in [-0.3, -0.25) is 14.6 Å². The van der Waals surface area contributed by atoms with Gasteiger partial charge >= 0.3 is 5.88 Å². The van der Waals surface area contributed by atoms with E-state index in [1.54, 1.807) is 10.9 Å². The molecule has 0 unspecified atom stereocenters. The highest BCUT2D eigenvalue weighted by atomic mass is 32.2. The van der Waals surface area contributed by atoms with Gasteiger partial charge in [0, 0.05) is 0 Å². The maximum Gasteiger partial charge on any atom is 0.302 e. The van der Waals surface area contributed by atoms with E-state index >= 15 is 0 Å². The number of para-hydroxylation sites is 2. The van der Waals surface area contributed by atoms with Crippen molar-refractivity contribution in [1.29, 1.82) is 0 Å². The zero-order valence-corrected chi connectivity index (χ0v) is 13.0. The number of nitrogens with one attached hydrogen (secondary N) is 1. The second-order valence-electron chi connectivity index (χ2n) is 4.92. The number of amides is 1. The molecule has 114 valence electrons. The monoisotopic (exact) mass is 319 g/mol. The van der Waals surface area contributed by atoms with E-state index in [2.05, 4.69) is 15.6 Å². The number of thioether (sulfide) groups is 1. The summed E-state index contributed by atoms with van der Waals surface area (Å²) in [5.74, 6) is 0.283. The average Bonchev–Trinajstić information content (AvgIpc) is 3.11. The van der Waals surface area contributed by atoms with Gasteiger partial charge in [-0.15, -0.1) is 0 Å². The molecule has 0 aliphatic heterocycles. The number of anilines is 1. The van der Waals surface area contributed by atoms with Gasteiger partial charge in [-0.05, 0) is 30.7 Å². The second kappa shape index (κ2) is 6.18. The van der Waals surface area contributed by atoms with Gasteiger partial charge in [0.2, 0.25) is 11.2 Å². The fraction of sp³-hybridized carbons (Fsp3) is 0.286. The summed E-state index contributed by atoms with van der Waals surface area (Å²) in [6.45, 7) is 3.94. The molecule has 0 bridgehead atoms. The highest BCUT2D eigenvalue weighted by Crippen LogP contribution is 2.23. The Hall–Kier alpha value is -2.35. The van der Waals surface area contributed by atoms with E-state index in [9.17, 15) is 4.79 Å². The molecule has 0 saturated carbocycles. The van der Waals surface area contributed by atoms with Gasteiger partial charge in [-0.2, -0.15) is 0 Å². The molecule has 0 fully saturated rings. The van der Waals surface area contributed by atoms with Gasteiger partial charge in [0.15, 0.2) is 11.6 Å². The SMILES string of the molecule is CC(C)[n+]1cc(NC(=O)CSc2nc3ccccc3o2)on1. The van der Waals surface area contributed by atoms with Crippen LogP contribution in [0.5, 0.6) is 0 Å². The highest BCUT2D eigenvalue weighted by molar-refractivity contribution is 7.99. The van der Waals surface area contributed by atoms with Crippen molar-refractivity contribution in [3.8, 4) is 0 Å². The Morgan fingerprint density at radius 3 is 2.95 bits per heavy atom. The normalized spacial score (nSPS) is 11.2. The molecule has 1 amide bonds. The summed E-state index contributed by atoms with van der Waals surface area (Å²) < 4.78 is 12.2. The third kappa shape index (κ3) is 3.28. The lowest BCUT2D eigenvalue weighted by Gasteiger charge is -1.96. The minimum absolute atomic E-state index is 0.170. The number of oxazole rings is 1. The molecule has 0 radical (unpaired) electrons. The van der Waals surface area contributed by atoms with Crippen molar-refractivity contribution >= 4 is 34.7 Å². The number of aromatic nitrogens is 3. The summed E-state index contributed by atoms with van der Waals surface area (Å²) in [7, 11) is 0. The first-order valence-electron chi connectivity index (χ1n) is 6.78. The van der Waals surface area contributed by atoms with Gasteiger partial charge in [0.1, 0.15) is 5.52 Å². The smallest absolute Gasteiger partial charge is 0.302 e. The maximum atomic E-state index is 11.9. The van der Waals surface area contributed by atoms with Crippen molar-refractivity contribution in [3.05, 3.63) is 30.5 Å². The minimum atomic E-state index is -0.209. The molecule has 22 heavy (non-hydrogen) atoms. The summed E-state index contributed by atoms with van der Waals surface area (Å²) in [5.41, 5.74) is 1.48. The van der Waals surface area contributed by atoms with Crippen LogP contribution in [-0.2, 0) is 4.79 Å². The van der Waals surface area contributed by atoms with Crippen LogP contribution in [0.1, 0.15) is 19.9 Å². The Labute approximate surface area is 130 Å². The summed E-state index contributed by atoms with van der Waals surface area (Å²) in [6.07, 6.45) is 1.65. The van der Waals surface area contributed by atoms with E-state index in [1.807, 2.05) is 38.1 Å². The first-order chi connectivity index (χ1) is 10.6. The average molecular weight is 319 g/mol. The number of hydrogen-bond donors (Lipinski definition) is 1. The molecule has 3 rings (SSSR count). The predicted molar refractivity (Wildman–Crippen MR) is 80.4 cm³/mol. The zero-order valence-electron chi connectivity index (χ0n) is 12.1. The summed E-state index contributed by atoms with van der Waals surface area (Å²) >= 11 is 1.23. The predicted octanol–water partition coefficient (Wildman–Crippen LogP) is 2.42. The van der Waals surface area contributed by atoms with Gasteiger partial charge in [-0.1, -0.05) is 23.9 Å². The van der Waals surface area contributed by atoms with Crippen LogP contribution in [0.25, 0.3) is 11.1 Å². The van der Waals surface area contributed by atoms with E-state index in [-0.39, 0.29) is 17.7 Å². The number of hydrogen-bond acceptors (Lipinski definition) is 6. The molecule has 2 aromatic heterocycles. The lowest BCUT2D eigenvalue weighted by atomic mass is 10.3. The molecule has 3 aromatic rings. The second-order valence-corrected chi connectivity index (χ2v) is 5.85. The van der Waals surface area contributed by atoms with Crippen molar-refractivity contribution in [3.63, 3.8) is 0 Å². The molecule has 7 nitrogen and oxygen atoms in total. The minimum Gasteiger partial charge on any atom is -0.431 e. The van der Waals surface area contributed by atoms with Crippen LogP contribution in [0.3, 0.4) is 0 Å². The van der Waals surface area contributed by atoms with Crippen LogP contribution in [0, 0.1) is 0 Å². The van der Waals surface area contributed by atoms with Crippen molar-refractivity contribution < 1.29 is 18.4 Å². The van der Waals surface area contributed by atoms with Crippen LogP contribution in [0.2, 0.25) is 0 Å². The van der Waals surface area contributed by atoms with E-state index in [4.69, 9.17) is 8.94 Å². The zero-order chi connectivity index (χ0) is 15.5. The Balaban J connectivity index is 1.57. The number of nitrogens with zero attached hydrogens (tertiary/aromatic N) is 3. The third-order valence-electron chi connectivity index (χ3n) is 2.88. The molecular weight excluding hydrogens is 304 g/mol. The van der Waals surface area contributed by atoms with E-state index < -0.39 is 0 Å². The standard InChI is InChI=1S/C14H14N4O3S/c1-9(2)18-7-13(21-17-18)16-12(19)8-22-14-15-10-5-3-4-6-11(10)20-14/h3-7,9H,8H2,1-2H3/p+1. The third-order valence-corrected chi connectivity index (χ3v) is 3.70. The first kappa shape index (κ1) is 14.6. The van der Waals surface area contributed by atoms with E-state index in [0.717, 1.165) is 5.52 Å². The Bertz CT molecular complexity index is 763. The molecule has 1 N–H and O–H groups in total. The van der Waals surface area contributed by atoms with Crippen molar-refractivity contribution in [2.24, 2.45) is 0 Å². The van der Waals surface area contributed by atoms with Gasteiger partial charge in [0.25, 0.3) is 11.4 Å². The number of rotatable bonds is 5. The van der Waals surface area contributed by atoms with E-state index in [1.165, 1.54) is 11.8 Å². The molecule has 1 aromatic carbocycles. The van der Waals surface area contributed by atoms with Crippen LogP contribution in [-0.4, -0.2) is 21.9 Å².